The van der Waals surface area contributed by atoms with E-state index in [1.54, 1.807) is 0 Å². The highest BCUT2D eigenvalue weighted by molar-refractivity contribution is 4.84. The highest BCUT2D eigenvalue weighted by Crippen LogP contribution is 2.26. The lowest BCUT2D eigenvalue weighted by Gasteiger charge is -2.37. The van der Waals surface area contributed by atoms with Crippen molar-refractivity contribution in [3.8, 4) is 0 Å². The van der Waals surface area contributed by atoms with Crippen molar-refractivity contribution in [3.63, 3.8) is 0 Å². The minimum absolute atomic E-state index is 0.417. The number of hydrogen-bond donors (Lipinski definition) is 1. The Hall–Kier alpha value is -0.0800. The molecule has 0 radical (unpaired) electrons. The highest BCUT2D eigenvalue weighted by Gasteiger charge is 2.27. The monoisotopic (exact) mass is 184 g/mol. The molecule has 0 spiro atoms. The van der Waals surface area contributed by atoms with Gasteiger partial charge >= 0.3 is 0 Å². The van der Waals surface area contributed by atoms with Gasteiger partial charge in [-0.15, -0.1) is 0 Å². The zero-order chi connectivity index (χ0) is 10.1. The van der Waals surface area contributed by atoms with Crippen LogP contribution in [0, 0.1) is 11.3 Å². The van der Waals surface area contributed by atoms with Crippen molar-refractivity contribution in [1.82, 2.24) is 4.90 Å². The van der Waals surface area contributed by atoms with E-state index in [4.69, 9.17) is 5.73 Å². The standard InChI is InChI=1S/C11H24N2/c1-11(2,3)8-13(4)7-9-5-10(12)6-9/h9-10H,5-8,12H2,1-4H3. The van der Waals surface area contributed by atoms with Crippen LogP contribution in [0.1, 0.15) is 33.6 Å². The van der Waals surface area contributed by atoms with E-state index in [0.29, 0.717) is 11.5 Å². The fourth-order valence-corrected chi connectivity index (χ4v) is 2.25. The van der Waals surface area contributed by atoms with Crippen molar-refractivity contribution in [2.45, 2.75) is 39.7 Å². The molecule has 0 unspecified atom stereocenters. The molecule has 0 atom stereocenters. The van der Waals surface area contributed by atoms with Crippen molar-refractivity contribution in [2.75, 3.05) is 20.1 Å². The van der Waals surface area contributed by atoms with Gasteiger partial charge in [0.25, 0.3) is 0 Å². The maximum atomic E-state index is 5.75. The quantitative estimate of drug-likeness (QED) is 0.723. The third kappa shape index (κ3) is 4.10. The van der Waals surface area contributed by atoms with Crippen molar-refractivity contribution in [2.24, 2.45) is 17.1 Å². The Morgan fingerprint density at radius 1 is 1.31 bits per heavy atom. The number of nitrogens with two attached hydrogens (primary N) is 1. The summed E-state index contributed by atoms with van der Waals surface area (Å²) in [6.07, 6.45) is 2.46. The van der Waals surface area contributed by atoms with E-state index in [1.165, 1.54) is 25.9 Å². The van der Waals surface area contributed by atoms with Gasteiger partial charge in [0.2, 0.25) is 0 Å². The molecule has 0 saturated heterocycles. The van der Waals surface area contributed by atoms with Crippen LogP contribution in [0.2, 0.25) is 0 Å². The first-order chi connectivity index (χ1) is 5.87. The summed E-state index contributed by atoms with van der Waals surface area (Å²) in [5.41, 5.74) is 6.17. The first kappa shape index (κ1) is 11.0. The molecule has 1 saturated carbocycles. The second-order valence-corrected chi connectivity index (χ2v) is 5.85. The van der Waals surface area contributed by atoms with Crippen LogP contribution in [0.25, 0.3) is 0 Å². The number of nitrogens with zero attached hydrogens (tertiary/aromatic N) is 1. The van der Waals surface area contributed by atoms with Gasteiger partial charge in [0.1, 0.15) is 0 Å². The van der Waals surface area contributed by atoms with Crippen molar-refractivity contribution in [1.29, 1.82) is 0 Å². The van der Waals surface area contributed by atoms with Crippen LogP contribution < -0.4 is 5.73 Å². The van der Waals surface area contributed by atoms with Crippen molar-refractivity contribution < 1.29 is 0 Å². The lowest BCUT2D eigenvalue weighted by atomic mass is 9.80. The summed E-state index contributed by atoms with van der Waals surface area (Å²) in [6.45, 7) is 9.27. The van der Waals surface area contributed by atoms with Crippen molar-refractivity contribution in [3.05, 3.63) is 0 Å². The predicted molar refractivity (Wildman–Crippen MR) is 57.7 cm³/mol. The maximum absolute atomic E-state index is 5.75. The van der Waals surface area contributed by atoms with Crippen LogP contribution in [-0.4, -0.2) is 31.1 Å². The average molecular weight is 184 g/mol. The predicted octanol–water partition coefficient (Wildman–Crippen LogP) is 1.70. The summed E-state index contributed by atoms with van der Waals surface area (Å²) in [4.78, 5) is 2.44. The minimum Gasteiger partial charge on any atom is -0.328 e. The molecule has 0 bridgehead atoms. The second kappa shape index (κ2) is 3.97. The molecule has 2 heteroatoms. The van der Waals surface area contributed by atoms with Gasteiger partial charge in [-0.3, -0.25) is 0 Å². The summed E-state index contributed by atoms with van der Waals surface area (Å²) in [5, 5.41) is 0. The van der Waals surface area contributed by atoms with Crippen molar-refractivity contribution >= 4 is 0 Å². The molecule has 78 valence electrons. The summed E-state index contributed by atoms with van der Waals surface area (Å²) in [6, 6.07) is 0.494. The maximum Gasteiger partial charge on any atom is 0.00450 e. The van der Waals surface area contributed by atoms with Gasteiger partial charge < -0.3 is 10.6 Å². The van der Waals surface area contributed by atoms with Gasteiger partial charge in [0.05, 0.1) is 0 Å². The van der Waals surface area contributed by atoms with E-state index in [2.05, 4.69) is 32.7 Å². The number of rotatable bonds is 3. The lowest BCUT2D eigenvalue weighted by Crippen LogP contribution is -2.43. The van der Waals surface area contributed by atoms with Crippen LogP contribution in [0.5, 0.6) is 0 Å². The molecule has 0 amide bonds. The van der Waals surface area contributed by atoms with E-state index >= 15 is 0 Å². The molecule has 2 N–H and O–H groups in total. The first-order valence-electron chi connectivity index (χ1n) is 5.31. The van der Waals surface area contributed by atoms with Gasteiger partial charge in [0, 0.05) is 19.1 Å². The van der Waals surface area contributed by atoms with Gasteiger partial charge in [-0.2, -0.15) is 0 Å². The fourth-order valence-electron chi connectivity index (χ4n) is 2.25. The molecule has 0 aromatic heterocycles. The van der Waals surface area contributed by atoms with E-state index in [-0.39, 0.29) is 0 Å². The first-order valence-corrected chi connectivity index (χ1v) is 5.31. The SMILES string of the molecule is CN(CC1CC(N)C1)CC(C)(C)C. The molecule has 1 rings (SSSR count). The zero-order valence-corrected chi connectivity index (χ0v) is 9.51. The molecule has 2 nitrogen and oxygen atoms in total. The third-order valence-electron chi connectivity index (χ3n) is 2.59. The lowest BCUT2D eigenvalue weighted by molar-refractivity contribution is 0.149. The Morgan fingerprint density at radius 3 is 2.23 bits per heavy atom. The Morgan fingerprint density at radius 2 is 1.85 bits per heavy atom. The average Bonchev–Trinajstić information content (AvgIpc) is 1.79. The highest BCUT2D eigenvalue weighted by atomic mass is 15.1. The zero-order valence-electron chi connectivity index (χ0n) is 9.51. The van der Waals surface area contributed by atoms with E-state index in [0.717, 1.165) is 5.92 Å². The Bertz CT molecular complexity index is 154. The van der Waals surface area contributed by atoms with E-state index < -0.39 is 0 Å². The largest absolute Gasteiger partial charge is 0.328 e. The van der Waals surface area contributed by atoms with Crippen LogP contribution >= 0.6 is 0 Å². The molecule has 0 heterocycles. The number of hydrogen-bond acceptors (Lipinski definition) is 2. The normalized spacial score (nSPS) is 29.1. The molecule has 0 aliphatic heterocycles. The molecule has 0 aromatic carbocycles. The minimum atomic E-state index is 0.417. The summed E-state index contributed by atoms with van der Waals surface area (Å²) in [5.74, 6) is 0.863. The molecule has 13 heavy (non-hydrogen) atoms. The molecule has 0 aromatic rings. The van der Waals surface area contributed by atoms with Crippen LogP contribution in [-0.2, 0) is 0 Å². The van der Waals surface area contributed by atoms with E-state index in [9.17, 15) is 0 Å². The van der Waals surface area contributed by atoms with Crippen LogP contribution in [0.4, 0.5) is 0 Å². The third-order valence-corrected chi connectivity index (χ3v) is 2.59. The topological polar surface area (TPSA) is 29.3 Å². The molecular weight excluding hydrogens is 160 g/mol. The summed E-state index contributed by atoms with van der Waals surface area (Å²) in [7, 11) is 2.22. The Labute approximate surface area is 82.5 Å². The Kier molecular flexibility index (Phi) is 3.36. The summed E-state index contributed by atoms with van der Waals surface area (Å²) >= 11 is 0. The second-order valence-electron chi connectivity index (χ2n) is 5.85. The smallest absolute Gasteiger partial charge is 0.00450 e. The van der Waals surface area contributed by atoms with E-state index in [1.807, 2.05) is 0 Å². The molecule has 1 aliphatic rings. The molecule has 1 fully saturated rings. The van der Waals surface area contributed by atoms with Crippen LogP contribution in [0.3, 0.4) is 0 Å². The summed E-state index contributed by atoms with van der Waals surface area (Å²) < 4.78 is 0. The van der Waals surface area contributed by atoms with Gasteiger partial charge in [0.15, 0.2) is 0 Å². The molecule has 1 aliphatic carbocycles. The van der Waals surface area contributed by atoms with Crippen LogP contribution in [0.15, 0.2) is 0 Å². The Balaban J connectivity index is 2.15. The van der Waals surface area contributed by atoms with Gasteiger partial charge in [-0.05, 0) is 31.2 Å². The van der Waals surface area contributed by atoms with Gasteiger partial charge in [-0.25, -0.2) is 0 Å². The fraction of sp³-hybridized carbons (Fsp3) is 1.00. The molecular formula is C11H24N2. The van der Waals surface area contributed by atoms with Gasteiger partial charge in [-0.1, -0.05) is 20.8 Å².